The molecule has 1 saturated heterocycles. The van der Waals surface area contributed by atoms with Gasteiger partial charge in [0.2, 0.25) is 0 Å². The highest BCUT2D eigenvalue weighted by Gasteiger charge is 2.16. The van der Waals surface area contributed by atoms with Crippen molar-refractivity contribution in [3.05, 3.63) is 12.7 Å². The second-order valence-electron chi connectivity index (χ2n) is 3.84. The van der Waals surface area contributed by atoms with Crippen molar-refractivity contribution in [2.24, 2.45) is 10.9 Å². The number of likely N-dealkylation sites (tertiary alicyclic amines) is 1. The van der Waals surface area contributed by atoms with E-state index in [1.807, 2.05) is 0 Å². The molecule has 2 nitrogen and oxygen atoms in total. The predicted molar refractivity (Wildman–Crippen MR) is 65.1 cm³/mol. The lowest BCUT2D eigenvalue weighted by Crippen LogP contribution is -2.20. The molecule has 1 aliphatic rings. The van der Waals surface area contributed by atoms with E-state index in [-0.39, 0.29) is 0 Å². The van der Waals surface area contributed by atoms with Crippen molar-refractivity contribution in [2.45, 2.75) is 26.7 Å². The number of rotatable bonds is 3. The highest BCUT2D eigenvalue weighted by molar-refractivity contribution is 5.69. The molecule has 1 rings (SSSR count). The highest BCUT2D eigenvalue weighted by atomic mass is 15.1. The second kappa shape index (κ2) is 8.95. The van der Waals surface area contributed by atoms with Gasteiger partial charge in [0.15, 0.2) is 0 Å². The van der Waals surface area contributed by atoms with Crippen molar-refractivity contribution in [3.63, 3.8) is 0 Å². The van der Waals surface area contributed by atoms with Crippen molar-refractivity contribution in [2.75, 3.05) is 26.7 Å². The lowest BCUT2D eigenvalue weighted by molar-refractivity contribution is 0.328. The Hall–Kier alpha value is -0.630. The number of allylic oxidation sites excluding steroid dienone is 1. The molecule has 1 heterocycles. The quantitative estimate of drug-likeness (QED) is 0.634. The fourth-order valence-electron chi connectivity index (χ4n) is 1.65. The van der Waals surface area contributed by atoms with E-state index in [2.05, 4.69) is 30.3 Å². The Labute approximate surface area is 88.7 Å². The maximum atomic E-state index is 3.61. The molecule has 1 atom stereocenters. The van der Waals surface area contributed by atoms with Crippen LogP contribution >= 0.6 is 0 Å². The molecule has 82 valence electrons. The molecule has 2 heteroatoms. The van der Waals surface area contributed by atoms with Crippen LogP contribution < -0.4 is 0 Å². The summed E-state index contributed by atoms with van der Waals surface area (Å²) < 4.78 is 0. The summed E-state index contributed by atoms with van der Waals surface area (Å²) in [6.07, 6.45) is 6.01. The van der Waals surface area contributed by atoms with E-state index in [4.69, 9.17) is 0 Å². The molecule has 1 unspecified atom stereocenters. The third kappa shape index (κ3) is 6.84. The zero-order chi connectivity index (χ0) is 10.8. The van der Waals surface area contributed by atoms with E-state index in [0.717, 1.165) is 5.92 Å². The van der Waals surface area contributed by atoms with Crippen LogP contribution in [0.3, 0.4) is 0 Å². The summed E-state index contributed by atoms with van der Waals surface area (Å²) in [5, 5.41) is 0. The summed E-state index contributed by atoms with van der Waals surface area (Å²) in [4.78, 5) is 6.17. The maximum absolute atomic E-state index is 3.61. The van der Waals surface area contributed by atoms with E-state index in [0.29, 0.717) is 0 Å². The average Bonchev–Trinajstić information content (AvgIpc) is 2.55. The van der Waals surface area contributed by atoms with Gasteiger partial charge in [-0.05, 0) is 31.8 Å². The van der Waals surface area contributed by atoms with Crippen LogP contribution in [0, 0.1) is 5.92 Å². The standard InChI is InChI=1S/C8H17N.C4H7N/c1-3-5-9-6-4-8(2)7-9;1-3-4-5-2/h8H,3-7H2,1-2H3;3-4H,1H2,2H3. The van der Waals surface area contributed by atoms with Gasteiger partial charge in [-0.15, -0.1) is 0 Å². The summed E-state index contributed by atoms with van der Waals surface area (Å²) in [5.41, 5.74) is 0. The Morgan fingerprint density at radius 1 is 1.57 bits per heavy atom. The molecule has 0 amide bonds. The molecule has 0 aromatic rings. The summed E-state index contributed by atoms with van der Waals surface area (Å²) >= 11 is 0. The smallest absolute Gasteiger partial charge is 0.0277 e. The van der Waals surface area contributed by atoms with Gasteiger partial charge in [0.1, 0.15) is 0 Å². The molecule has 14 heavy (non-hydrogen) atoms. The van der Waals surface area contributed by atoms with Crippen LogP contribution in [0.15, 0.2) is 17.6 Å². The Balaban J connectivity index is 0.000000292. The fraction of sp³-hybridized carbons (Fsp3) is 0.750. The van der Waals surface area contributed by atoms with Gasteiger partial charge in [0.05, 0.1) is 0 Å². The van der Waals surface area contributed by atoms with E-state index in [9.17, 15) is 0 Å². The summed E-state index contributed by atoms with van der Waals surface area (Å²) in [6.45, 7) is 12.0. The molecule has 0 N–H and O–H groups in total. The van der Waals surface area contributed by atoms with Gasteiger partial charge in [-0.1, -0.05) is 26.5 Å². The van der Waals surface area contributed by atoms with Crippen LogP contribution in [0.1, 0.15) is 26.7 Å². The first-order chi connectivity index (χ1) is 6.74. The molecule has 1 fully saturated rings. The van der Waals surface area contributed by atoms with E-state index in [1.54, 1.807) is 19.3 Å². The zero-order valence-electron chi connectivity index (χ0n) is 9.87. The molecular formula is C12H24N2. The number of nitrogens with zero attached hydrogens (tertiary/aromatic N) is 2. The van der Waals surface area contributed by atoms with Gasteiger partial charge in [-0.2, -0.15) is 0 Å². The number of hydrogen-bond donors (Lipinski definition) is 0. The Morgan fingerprint density at radius 2 is 2.29 bits per heavy atom. The van der Waals surface area contributed by atoms with Crippen molar-refractivity contribution >= 4 is 6.21 Å². The first kappa shape index (κ1) is 13.4. The SMILES string of the molecule is C=CC=NC.CCCN1CCC(C)C1. The van der Waals surface area contributed by atoms with E-state index < -0.39 is 0 Å². The third-order valence-corrected chi connectivity index (χ3v) is 2.30. The molecule has 0 aliphatic carbocycles. The average molecular weight is 196 g/mol. The van der Waals surface area contributed by atoms with Gasteiger partial charge in [0, 0.05) is 19.8 Å². The molecule has 0 aromatic carbocycles. The second-order valence-corrected chi connectivity index (χ2v) is 3.84. The van der Waals surface area contributed by atoms with Crippen molar-refractivity contribution in [1.82, 2.24) is 4.90 Å². The summed E-state index contributed by atoms with van der Waals surface area (Å²) in [6, 6.07) is 0. The zero-order valence-corrected chi connectivity index (χ0v) is 9.87. The van der Waals surface area contributed by atoms with Crippen molar-refractivity contribution in [3.8, 4) is 0 Å². The lowest BCUT2D eigenvalue weighted by atomic mass is 10.2. The minimum atomic E-state index is 0.955. The predicted octanol–water partition coefficient (Wildman–Crippen LogP) is 2.61. The van der Waals surface area contributed by atoms with Crippen LogP contribution in [-0.2, 0) is 0 Å². The van der Waals surface area contributed by atoms with Crippen LogP contribution in [-0.4, -0.2) is 37.8 Å². The van der Waals surface area contributed by atoms with Gasteiger partial charge < -0.3 is 4.90 Å². The van der Waals surface area contributed by atoms with E-state index in [1.165, 1.54) is 32.5 Å². The van der Waals surface area contributed by atoms with E-state index >= 15 is 0 Å². The molecule has 0 spiro atoms. The Morgan fingerprint density at radius 3 is 2.57 bits per heavy atom. The van der Waals surface area contributed by atoms with Crippen LogP contribution in [0.5, 0.6) is 0 Å². The largest absolute Gasteiger partial charge is 0.303 e. The number of aliphatic imine (C=N–C) groups is 1. The lowest BCUT2D eigenvalue weighted by Gasteiger charge is -2.12. The Bertz CT molecular complexity index is 162. The Kier molecular flexibility index (Phi) is 8.54. The minimum absolute atomic E-state index is 0.955. The monoisotopic (exact) mass is 196 g/mol. The van der Waals surface area contributed by atoms with Gasteiger partial charge in [-0.3, -0.25) is 4.99 Å². The van der Waals surface area contributed by atoms with Crippen LogP contribution in [0.4, 0.5) is 0 Å². The van der Waals surface area contributed by atoms with Gasteiger partial charge in [-0.25, -0.2) is 0 Å². The molecule has 0 saturated carbocycles. The molecular weight excluding hydrogens is 172 g/mol. The first-order valence-electron chi connectivity index (χ1n) is 5.50. The first-order valence-corrected chi connectivity index (χ1v) is 5.50. The summed E-state index contributed by atoms with van der Waals surface area (Å²) in [5.74, 6) is 0.955. The van der Waals surface area contributed by atoms with Crippen molar-refractivity contribution < 1.29 is 0 Å². The molecule has 0 bridgehead atoms. The maximum Gasteiger partial charge on any atom is 0.0277 e. The summed E-state index contributed by atoms with van der Waals surface area (Å²) in [7, 11) is 1.71. The number of hydrogen-bond acceptors (Lipinski definition) is 2. The normalized spacial score (nSPS) is 22.1. The topological polar surface area (TPSA) is 15.6 Å². The minimum Gasteiger partial charge on any atom is -0.303 e. The highest BCUT2D eigenvalue weighted by Crippen LogP contribution is 2.14. The molecule has 0 aromatic heterocycles. The third-order valence-electron chi connectivity index (χ3n) is 2.30. The molecule has 1 aliphatic heterocycles. The van der Waals surface area contributed by atoms with Gasteiger partial charge >= 0.3 is 0 Å². The van der Waals surface area contributed by atoms with Crippen LogP contribution in [0.25, 0.3) is 0 Å². The fourth-order valence-corrected chi connectivity index (χ4v) is 1.65. The molecule has 0 radical (unpaired) electrons. The van der Waals surface area contributed by atoms with Crippen molar-refractivity contribution in [1.29, 1.82) is 0 Å². The van der Waals surface area contributed by atoms with Crippen LogP contribution in [0.2, 0.25) is 0 Å². The van der Waals surface area contributed by atoms with Gasteiger partial charge in [0.25, 0.3) is 0 Å².